The van der Waals surface area contributed by atoms with Crippen LogP contribution in [0.15, 0.2) is 47.2 Å². The van der Waals surface area contributed by atoms with Crippen LogP contribution in [0.3, 0.4) is 0 Å². The van der Waals surface area contributed by atoms with Gasteiger partial charge in [-0.25, -0.2) is 0 Å². The van der Waals surface area contributed by atoms with Crippen LogP contribution in [0.1, 0.15) is 24.0 Å². The maximum Gasteiger partial charge on any atom is 0.230 e. The number of amides is 1. The Morgan fingerprint density at radius 1 is 1.18 bits per heavy atom. The highest BCUT2D eigenvalue weighted by molar-refractivity contribution is 7.07. The number of hydrogen-bond donors (Lipinski definition) is 1. The highest BCUT2D eigenvalue weighted by atomic mass is 32.1. The Kier molecular flexibility index (Phi) is 4.90. The van der Waals surface area contributed by atoms with E-state index in [-0.39, 0.29) is 5.91 Å². The molecule has 116 valence electrons. The number of hydrogen-bond acceptors (Lipinski definition) is 3. The van der Waals surface area contributed by atoms with Crippen molar-refractivity contribution in [3.8, 4) is 0 Å². The lowest BCUT2D eigenvalue weighted by molar-refractivity contribution is -0.130. The van der Waals surface area contributed by atoms with Crippen molar-refractivity contribution in [3.63, 3.8) is 0 Å². The molecule has 0 atom stereocenters. The van der Waals surface area contributed by atoms with E-state index in [0.717, 1.165) is 24.8 Å². The van der Waals surface area contributed by atoms with Crippen LogP contribution >= 0.6 is 11.3 Å². The predicted molar refractivity (Wildman–Crippen MR) is 89.2 cm³/mol. The minimum atomic E-state index is -0.436. The summed E-state index contributed by atoms with van der Waals surface area (Å²) in [7, 11) is 0. The first-order chi connectivity index (χ1) is 10.8. The first kappa shape index (κ1) is 15.3. The van der Waals surface area contributed by atoms with Crippen LogP contribution < -0.4 is 5.32 Å². The second kappa shape index (κ2) is 7.07. The van der Waals surface area contributed by atoms with Crippen molar-refractivity contribution in [2.45, 2.75) is 24.7 Å². The summed E-state index contributed by atoms with van der Waals surface area (Å²) in [6.45, 7) is 1.98. The fraction of sp³-hybridized carbons (Fsp3) is 0.389. The second-order valence-electron chi connectivity index (χ2n) is 5.70. The highest BCUT2D eigenvalue weighted by Crippen LogP contribution is 2.35. The number of thiophene rings is 1. The van der Waals surface area contributed by atoms with Gasteiger partial charge in [0, 0.05) is 19.8 Å². The molecule has 1 amide bonds. The molecular weight excluding hydrogens is 294 g/mol. The summed E-state index contributed by atoms with van der Waals surface area (Å²) in [6.07, 6.45) is 2.39. The van der Waals surface area contributed by atoms with Gasteiger partial charge in [-0.1, -0.05) is 30.3 Å². The molecule has 1 aliphatic rings. The summed E-state index contributed by atoms with van der Waals surface area (Å²) in [5.41, 5.74) is 1.95. The molecule has 0 aliphatic carbocycles. The van der Waals surface area contributed by atoms with Crippen molar-refractivity contribution in [3.05, 3.63) is 58.3 Å². The van der Waals surface area contributed by atoms with Crippen molar-refractivity contribution in [2.75, 3.05) is 19.8 Å². The Hall–Kier alpha value is -1.65. The fourth-order valence-electron chi connectivity index (χ4n) is 3.05. The molecule has 0 saturated carbocycles. The summed E-state index contributed by atoms with van der Waals surface area (Å²) in [5.74, 6) is 0.136. The van der Waals surface area contributed by atoms with E-state index < -0.39 is 5.41 Å². The van der Waals surface area contributed by atoms with E-state index in [4.69, 9.17) is 4.74 Å². The molecule has 2 aromatic rings. The number of nitrogens with one attached hydrogen (secondary N) is 1. The average molecular weight is 315 g/mol. The van der Waals surface area contributed by atoms with Gasteiger partial charge in [-0.15, -0.1) is 0 Å². The quantitative estimate of drug-likeness (QED) is 0.920. The number of carbonyl (C=O) groups is 1. The molecule has 0 radical (unpaired) electrons. The highest BCUT2D eigenvalue weighted by Gasteiger charge is 2.41. The number of rotatable bonds is 5. The van der Waals surface area contributed by atoms with Crippen molar-refractivity contribution in [1.29, 1.82) is 0 Å². The molecule has 3 nitrogen and oxygen atoms in total. The third-order valence-electron chi connectivity index (χ3n) is 4.39. The topological polar surface area (TPSA) is 38.3 Å². The number of benzene rings is 1. The monoisotopic (exact) mass is 315 g/mol. The molecule has 1 saturated heterocycles. The molecule has 0 spiro atoms. The summed E-state index contributed by atoms with van der Waals surface area (Å²) in [6, 6.07) is 12.2. The molecule has 1 aromatic heterocycles. The van der Waals surface area contributed by atoms with Crippen molar-refractivity contribution >= 4 is 17.2 Å². The minimum Gasteiger partial charge on any atom is -0.381 e. The zero-order chi connectivity index (χ0) is 15.3. The van der Waals surface area contributed by atoms with Gasteiger partial charge in [0.05, 0.1) is 5.41 Å². The first-order valence-corrected chi connectivity index (χ1v) is 8.68. The summed E-state index contributed by atoms with van der Waals surface area (Å²) >= 11 is 1.69. The lowest BCUT2D eigenvalue weighted by atomic mass is 9.73. The average Bonchev–Trinajstić information content (AvgIpc) is 3.09. The van der Waals surface area contributed by atoms with Crippen LogP contribution in [0.4, 0.5) is 0 Å². The Balaban J connectivity index is 1.70. The second-order valence-corrected chi connectivity index (χ2v) is 6.48. The molecule has 0 unspecified atom stereocenters. The zero-order valence-electron chi connectivity index (χ0n) is 12.6. The Morgan fingerprint density at radius 3 is 2.64 bits per heavy atom. The summed E-state index contributed by atoms with van der Waals surface area (Å²) < 4.78 is 5.48. The van der Waals surface area contributed by atoms with Gasteiger partial charge in [-0.2, -0.15) is 11.3 Å². The standard InChI is InChI=1S/C18H21NO2S/c20-17(19-10-6-15-7-13-22-14-15)18(8-11-21-12-9-18)16-4-2-1-3-5-16/h1-5,7,13-14H,6,8-12H2,(H,19,20). The molecule has 4 heteroatoms. The lowest BCUT2D eigenvalue weighted by Crippen LogP contribution is -2.48. The van der Waals surface area contributed by atoms with Gasteiger partial charge in [-0.05, 0) is 47.2 Å². The van der Waals surface area contributed by atoms with Crippen LogP contribution in [-0.2, 0) is 21.4 Å². The van der Waals surface area contributed by atoms with Gasteiger partial charge < -0.3 is 10.1 Å². The van der Waals surface area contributed by atoms with Crippen LogP contribution in [0, 0.1) is 0 Å². The van der Waals surface area contributed by atoms with Crippen LogP contribution in [-0.4, -0.2) is 25.7 Å². The molecule has 2 heterocycles. The van der Waals surface area contributed by atoms with E-state index in [1.165, 1.54) is 5.56 Å². The van der Waals surface area contributed by atoms with E-state index in [9.17, 15) is 4.79 Å². The van der Waals surface area contributed by atoms with Gasteiger partial charge in [0.25, 0.3) is 0 Å². The zero-order valence-corrected chi connectivity index (χ0v) is 13.4. The molecule has 1 aliphatic heterocycles. The van der Waals surface area contributed by atoms with E-state index in [1.54, 1.807) is 11.3 Å². The van der Waals surface area contributed by atoms with Gasteiger partial charge in [0.2, 0.25) is 5.91 Å². The number of ether oxygens (including phenoxy) is 1. The maximum atomic E-state index is 12.9. The number of carbonyl (C=O) groups excluding carboxylic acids is 1. The fourth-order valence-corrected chi connectivity index (χ4v) is 3.75. The van der Waals surface area contributed by atoms with E-state index in [0.29, 0.717) is 19.8 Å². The Bertz CT molecular complexity index is 589. The molecule has 22 heavy (non-hydrogen) atoms. The minimum absolute atomic E-state index is 0.136. The van der Waals surface area contributed by atoms with Gasteiger partial charge >= 0.3 is 0 Å². The molecule has 1 fully saturated rings. The molecule has 3 rings (SSSR count). The summed E-state index contributed by atoms with van der Waals surface area (Å²) in [5, 5.41) is 7.34. The van der Waals surface area contributed by atoms with Gasteiger partial charge in [-0.3, -0.25) is 4.79 Å². The van der Waals surface area contributed by atoms with E-state index in [2.05, 4.69) is 34.3 Å². The predicted octanol–water partition coefficient (Wildman–Crippen LogP) is 3.16. The summed E-state index contributed by atoms with van der Waals surface area (Å²) in [4.78, 5) is 12.9. The largest absolute Gasteiger partial charge is 0.381 e. The van der Waals surface area contributed by atoms with Crippen LogP contribution in [0.2, 0.25) is 0 Å². The van der Waals surface area contributed by atoms with Gasteiger partial charge in [0.1, 0.15) is 0 Å². The SMILES string of the molecule is O=C(NCCc1ccsc1)C1(c2ccccc2)CCOCC1. The molecule has 1 aromatic carbocycles. The van der Waals surface area contributed by atoms with Crippen LogP contribution in [0.5, 0.6) is 0 Å². The normalized spacial score (nSPS) is 17.1. The molecule has 0 bridgehead atoms. The van der Waals surface area contributed by atoms with Gasteiger partial charge in [0.15, 0.2) is 0 Å². The first-order valence-electron chi connectivity index (χ1n) is 7.74. The molecule has 1 N–H and O–H groups in total. The Labute approximate surface area is 135 Å². The third kappa shape index (κ3) is 3.23. The van der Waals surface area contributed by atoms with E-state index in [1.807, 2.05) is 18.2 Å². The Morgan fingerprint density at radius 2 is 1.95 bits per heavy atom. The maximum absolute atomic E-state index is 12.9. The van der Waals surface area contributed by atoms with Crippen molar-refractivity contribution in [2.24, 2.45) is 0 Å². The van der Waals surface area contributed by atoms with E-state index >= 15 is 0 Å². The molecular formula is C18H21NO2S. The smallest absolute Gasteiger partial charge is 0.230 e. The lowest BCUT2D eigenvalue weighted by Gasteiger charge is -2.36. The van der Waals surface area contributed by atoms with Crippen LogP contribution in [0.25, 0.3) is 0 Å². The van der Waals surface area contributed by atoms with Crippen molar-refractivity contribution < 1.29 is 9.53 Å². The van der Waals surface area contributed by atoms with Crippen molar-refractivity contribution in [1.82, 2.24) is 5.32 Å². The third-order valence-corrected chi connectivity index (χ3v) is 5.12.